The first-order valence-corrected chi connectivity index (χ1v) is 8.22. The molecule has 0 bridgehead atoms. The molecule has 1 aromatic heterocycles. The van der Waals surface area contributed by atoms with Crippen molar-refractivity contribution in [3.05, 3.63) is 34.8 Å². The van der Waals surface area contributed by atoms with Crippen LogP contribution in [0.2, 0.25) is 0 Å². The Morgan fingerprint density at radius 3 is 2.71 bits per heavy atom. The van der Waals surface area contributed by atoms with Gasteiger partial charge in [-0.1, -0.05) is 12.2 Å². The van der Waals surface area contributed by atoms with E-state index in [4.69, 9.17) is 18.0 Å². The minimum absolute atomic E-state index is 0.0275. The van der Waals surface area contributed by atoms with Gasteiger partial charge in [0.05, 0.1) is 11.4 Å². The van der Waals surface area contributed by atoms with Crippen LogP contribution >= 0.6 is 12.2 Å². The zero-order valence-corrected chi connectivity index (χ0v) is 14.7. The predicted molar refractivity (Wildman–Crippen MR) is 95.7 cm³/mol. The second-order valence-corrected chi connectivity index (χ2v) is 6.36. The van der Waals surface area contributed by atoms with Crippen LogP contribution in [0.25, 0.3) is 11.3 Å². The number of aromatic nitrogens is 2. The van der Waals surface area contributed by atoms with Crippen LogP contribution in [-0.2, 0) is 17.8 Å². The fraction of sp³-hybridized carbons (Fsp3) is 0.353. The number of hydrogen-bond donors (Lipinski definition) is 1. The predicted octanol–water partition coefficient (Wildman–Crippen LogP) is 2.56. The maximum atomic E-state index is 14.7. The highest BCUT2D eigenvalue weighted by atomic mass is 32.1. The van der Waals surface area contributed by atoms with Crippen LogP contribution in [0.15, 0.2) is 12.1 Å². The average Bonchev–Trinajstić information content (AvgIpc) is 2.87. The van der Waals surface area contributed by atoms with Crippen molar-refractivity contribution in [1.82, 2.24) is 9.78 Å². The summed E-state index contributed by atoms with van der Waals surface area (Å²) in [6.07, 6.45) is 0.952. The monoisotopic (exact) mass is 346 g/mol. The highest BCUT2D eigenvalue weighted by Crippen LogP contribution is 2.35. The largest absolute Gasteiger partial charge is 0.388 e. The normalized spacial score (nSPS) is 14.0. The van der Waals surface area contributed by atoms with E-state index in [1.54, 1.807) is 22.7 Å². The molecular formula is C17H19FN4OS. The quantitative estimate of drug-likeness (QED) is 0.868. The summed E-state index contributed by atoms with van der Waals surface area (Å²) in [5.41, 5.74) is 9.61. The smallest absolute Gasteiger partial charge is 0.227 e. The number of fused-ring (bicyclic) bond motifs is 1. The summed E-state index contributed by atoms with van der Waals surface area (Å²) < 4.78 is 16.4. The molecule has 1 aliphatic heterocycles. The van der Waals surface area contributed by atoms with Crippen LogP contribution in [0.1, 0.15) is 30.2 Å². The van der Waals surface area contributed by atoms with Gasteiger partial charge in [-0.25, -0.2) is 4.39 Å². The molecule has 1 aromatic carbocycles. The minimum Gasteiger partial charge on any atom is -0.388 e. The Labute approximate surface area is 145 Å². The van der Waals surface area contributed by atoms with Crippen molar-refractivity contribution in [3.63, 3.8) is 0 Å². The molecule has 0 spiro atoms. The van der Waals surface area contributed by atoms with E-state index in [1.165, 1.54) is 6.07 Å². The first-order valence-electron chi connectivity index (χ1n) is 7.81. The number of aryl methyl sites for hydroxylation is 2. The van der Waals surface area contributed by atoms with Crippen molar-refractivity contribution in [2.45, 2.75) is 33.2 Å². The standard InChI is InChI=1S/C17H19FN4OS/c1-4-22-16(17(19)24)9(2)15(20-22)11-8-13-10(7-12(11)18)5-6-14(23)21(13)3/h7-8H,4-6H2,1-3H3,(H2,19,24). The number of benzene rings is 1. The minimum atomic E-state index is -0.352. The molecule has 5 nitrogen and oxygen atoms in total. The molecule has 0 radical (unpaired) electrons. The maximum Gasteiger partial charge on any atom is 0.227 e. The molecule has 7 heteroatoms. The second kappa shape index (κ2) is 5.98. The Balaban J connectivity index is 2.21. The average molecular weight is 346 g/mol. The summed E-state index contributed by atoms with van der Waals surface area (Å²) >= 11 is 5.10. The van der Waals surface area contributed by atoms with Gasteiger partial charge in [0, 0.05) is 36.8 Å². The van der Waals surface area contributed by atoms with Crippen LogP contribution in [0.5, 0.6) is 0 Å². The molecule has 0 atom stereocenters. The van der Waals surface area contributed by atoms with Gasteiger partial charge in [-0.15, -0.1) is 0 Å². The van der Waals surface area contributed by atoms with Gasteiger partial charge in [0.2, 0.25) is 5.91 Å². The first-order chi connectivity index (χ1) is 11.3. The third-order valence-corrected chi connectivity index (χ3v) is 4.68. The van der Waals surface area contributed by atoms with Gasteiger partial charge in [0.15, 0.2) is 0 Å². The van der Waals surface area contributed by atoms with Gasteiger partial charge in [-0.3, -0.25) is 9.48 Å². The van der Waals surface area contributed by atoms with Gasteiger partial charge < -0.3 is 10.6 Å². The molecule has 1 amide bonds. The van der Waals surface area contributed by atoms with E-state index in [1.807, 2.05) is 13.8 Å². The van der Waals surface area contributed by atoms with Gasteiger partial charge in [-0.05, 0) is 38.0 Å². The number of nitrogens with two attached hydrogens (primary N) is 1. The molecule has 0 saturated heterocycles. The number of hydrogen-bond acceptors (Lipinski definition) is 3. The molecule has 126 valence electrons. The topological polar surface area (TPSA) is 64.2 Å². The Kier molecular flexibility index (Phi) is 4.13. The van der Waals surface area contributed by atoms with Crippen LogP contribution in [0.4, 0.5) is 10.1 Å². The van der Waals surface area contributed by atoms with E-state index in [0.717, 1.165) is 16.8 Å². The Morgan fingerprint density at radius 1 is 1.42 bits per heavy atom. The fourth-order valence-electron chi connectivity index (χ4n) is 3.19. The summed E-state index contributed by atoms with van der Waals surface area (Å²) in [5.74, 6) is -0.325. The van der Waals surface area contributed by atoms with Crippen LogP contribution in [0, 0.1) is 12.7 Å². The van der Waals surface area contributed by atoms with E-state index in [2.05, 4.69) is 5.10 Å². The van der Waals surface area contributed by atoms with E-state index < -0.39 is 0 Å². The third kappa shape index (κ3) is 2.49. The molecule has 0 saturated carbocycles. The number of thiocarbonyl (C=S) groups is 1. The zero-order valence-electron chi connectivity index (χ0n) is 13.9. The molecular weight excluding hydrogens is 327 g/mol. The number of rotatable bonds is 3. The highest BCUT2D eigenvalue weighted by Gasteiger charge is 2.25. The van der Waals surface area contributed by atoms with Crippen molar-refractivity contribution in [1.29, 1.82) is 0 Å². The Bertz CT molecular complexity index is 859. The summed E-state index contributed by atoms with van der Waals surface area (Å²) in [6, 6.07) is 3.19. The summed E-state index contributed by atoms with van der Waals surface area (Å²) in [7, 11) is 1.71. The molecule has 2 N–H and O–H groups in total. The second-order valence-electron chi connectivity index (χ2n) is 5.92. The lowest BCUT2D eigenvalue weighted by molar-refractivity contribution is -0.118. The van der Waals surface area contributed by atoms with E-state index in [0.29, 0.717) is 36.3 Å². The number of carbonyl (C=O) groups excluding carboxylic acids is 1. The number of amides is 1. The molecule has 1 aliphatic rings. The van der Waals surface area contributed by atoms with Gasteiger partial charge in [0.25, 0.3) is 0 Å². The summed E-state index contributed by atoms with van der Waals surface area (Å²) in [6.45, 7) is 4.34. The lowest BCUT2D eigenvalue weighted by Gasteiger charge is -2.26. The lowest BCUT2D eigenvalue weighted by Crippen LogP contribution is -2.31. The van der Waals surface area contributed by atoms with Crippen molar-refractivity contribution in [2.24, 2.45) is 5.73 Å². The maximum absolute atomic E-state index is 14.7. The zero-order chi connectivity index (χ0) is 17.6. The molecule has 0 fully saturated rings. The Morgan fingerprint density at radius 2 is 2.12 bits per heavy atom. The van der Waals surface area contributed by atoms with Crippen LogP contribution < -0.4 is 10.6 Å². The molecule has 0 unspecified atom stereocenters. The van der Waals surface area contributed by atoms with E-state index in [-0.39, 0.29) is 16.7 Å². The number of nitrogens with zero attached hydrogens (tertiary/aromatic N) is 3. The number of carbonyl (C=O) groups is 1. The van der Waals surface area contributed by atoms with Gasteiger partial charge in [0.1, 0.15) is 10.8 Å². The van der Waals surface area contributed by atoms with E-state index in [9.17, 15) is 9.18 Å². The summed E-state index contributed by atoms with van der Waals surface area (Å²) in [4.78, 5) is 13.7. The lowest BCUT2D eigenvalue weighted by atomic mass is 9.96. The third-order valence-electron chi connectivity index (χ3n) is 4.49. The number of halogens is 1. The van der Waals surface area contributed by atoms with Crippen LogP contribution in [-0.4, -0.2) is 27.7 Å². The Hall–Kier alpha value is -2.28. The highest BCUT2D eigenvalue weighted by molar-refractivity contribution is 7.80. The van der Waals surface area contributed by atoms with Crippen molar-refractivity contribution < 1.29 is 9.18 Å². The summed E-state index contributed by atoms with van der Waals surface area (Å²) in [5, 5.41) is 4.48. The first kappa shape index (κ1) is 16.6. The SMILES string of the molecule is CCn1nc(-c2cc3c(cc2F)CCC(=O)N3C)c(C)c1C(N)=S. The fourth-order valence-corrected chi connectivity index (χ4v) is 3.45. The molecule has 2 heterocycles. The van der Waals surface area contributed by atoms with Gasteiger partial charge >= 0.3 is 0 Å². The molecule has 2 aromatic rings. The van der Waals surface area contributed by atoms with Crippen molar-refractivity contribution >= 4 is 28.8 Å². The molecule has 0 aliphatic carbocycles. The van der Waals surface area contributed by atoms with Crippen LogP contribution in [0.3, 0.4) is 0 Å². The van der Waals surface area contributed by atoms with Gasteiger partial charge in [-0.2, -0.15) is 5.10 Å². The van der Waals surface area contributed by atoms with Crippen molar-refractivity contribution in [3.8, 4) is 11.3 Å². The van der Waals surface area contributed by atoms with E-state index >= 15 is 0 Å². The van der Waals surface area contributed by atoms with Crippen molar-refractivity contribution in [2.75, 3.05) is 11.9 Å². The number of anilines is 1. The molecule has 24 heavy (non-hydrogen) atoms. The molecule has 3 rings (SSSR count).